The van der Waals surface area contributed by atoms with Gasteiger partial charge in [-0.2, -0.15) is 5.10 Å². The average Bonchev–Trinajstić information content (AvgIpc) is 3.14. The summed E-state index contributed by atoms with van der Waals surface area (Å²) in [5, 5.41) is 5.79. The second kappa shape index (κ2) is 7.58. The maximum absolute atomic E-state index is 15.4. The highest BCUT2D eigenvalue weighted by Crippen LogP contribution is 2.48. The number of anilines is 1. The molecule has 0 aliphatic carbocycles. The Labute approximate surface area is 200 Å². The van der Waals surface area contributed by atoms with Gasteiger partial charge in [0.15, 0.2) is 5.82 Å². The van der Waals surface area contributed by atoms with Crippen molar-refractivity contribution < 1.29 is 4.39 Å². The lowest BCUT2D eigenvalue weighted by Gasteiger charge is -2.39. The van der Waals surface area contributed by atoms with Crippen LogP contribution in [0.25, 0.3) is 11.8 Å². The molecule has 0 radical (unpaired) electrons. The second-order valence-electron chi connectivity index (χ2n) is 7.98. The Balaban J connectivity index is 1.67. The van der Waals surface area contributed by atoms with Gasteiger partial charge in [0, 0.05) is 21.2 Å². The molecule has 0 amide bonds. The highest BCUT2D eigenvalue weighted by Gasteiger charge is 2.40. The fourth-order valence-electron chi connectivity index (χ4n) is 4.58. The molecule has 2 aliphatic heterocycles. The summed E-state index contributed by atoms with van der Waals surface area (Å²) in [6.07, 6.45) is 3.97. The molecule has 0 bridgehead atoms. The molecule has 2 aliphatic rings. The van der Waals surface area contributed by atoms with Crippen molar-refractivity contribution in [1.82, 2.24) is 9.78 Å². The van der Waals surface area contributed by atoms with Crippen molar-refractivity contribution in [2.24, 2.45) is 4.99 Å². The number of hydrogen-bond donors (Lipinski definition) is 0. The van der Waals surface area contributed by atoms with Gasteiger partial charge in [-0.25, -0.2) is 14.1 Å². The van der Waals surface area contributed by atoms with Gasteiger partial charge in [0.1, 0.15) is 11.7 Å². The van der Waals surface area contributed by atoms with E-state index in [1.807, 2.05) is 72.5 Å². The Bertz CT molecular complexity index is 1450. The molecule has 1 atom stereocenters. The first-order valence-corrected chi connectivity index (χ1v) is 11.2. The molecule has 1 aromatic heterocycles. The molecule has 0 saturated heterocycles. The topological polar surface area (TPSA) is 33.4 Å². The van der Waals surface area contributed by atoms with E-state index in [4.69, 9.17) is 33.3 Å². The summed E-state index contributed by atoms with van der Waals surface area (Å²) in [5.74, 6) is 0.973. The Hall–Kier alpha value is -3.41. The summed E-state index contributed by atoms with van der Waals surface area (Å²) in [6.45, 7) is 1.92. The van der Waals surface area contributed by atoms with Crippen LogP contribution < -0.4 is 4.90 Å². The number of aryl methyl sites for hydroxylation is 1. The van der Waals surface area contributed by atoms with Crippen LogP contribution in [0.3, 0.4) is 0 Å². The van der Waals surface area contributed by atoms with Gasteiger partial charge in [0.05, 0.1) is 23.1 Å². The number of fused-ring (bicyclic) bond motifs is 4. The minimum Gasteiger partial charge on any atom is -0.314 e. The van der Waals surface area contributed by atoms with E-state index in [9.17, 15) is 0 Å². The summed E-state index contributed by atoms with van der Waals surface area (Å²) in [6, 6.07) is 19.6. The summed E-state index contributed by atoms with van der Waals surface area (Å²) < 4.78 is 17.1. The van der Waals surface area contributed by atoms with E-state index >= 15 is 4.39 Å². The maximum atomic E-state index is 15.4. The van der Waals surface area contributed by atoms with Crippen LogP contribution in [0.1, 0.15) is 28.4 Å². The monoisotopic (exact) mass is 474 g/mol. The summed E-state index contributed by atoms with van der Waals surface area (Å²) in [7, 11) is 0. The fraction of sp³-hybridized carbons (Fsp3) is 0.0769. The van der Waals surface area contributed by atoms with Crippen molar-refractivity contribution in [2.75, 3.05) is 4.90 Å². The number of aromatic nitrogens is 2. The first kappa shape index (κ1) is 20.2. The molecule has 0 unspecified atom stereocenters. The van der Waals surface area contributed by atoms with Crippen molar-refractivity contribution in [3.05, 3.63) is 111 Å². The van der Waals surface area contributed by atoms with Gasteiger partial charge in [0.25, 0.3) is 0 Å². The van der Waals surface area contributed by atoms with Crippen molar-refractivity contribution in [2.45, 2.75) is 13.0 Å². The first-order valence-electron chi connectivity index (χ1n) is 10.5. The molecule has 7 heteroatoms. The number of amidine groups is 1. The zero-order valence-corrected chi connectivity index (χ0v) is 19.0. The van der Waals surface area contributed by atoms with Crippen LogP contribution in [0, 0.1) is 12.7 Å². The van der Waals surface area contributed by atoms with E-state index in [0.717, 1.165) is 28.2 Å². The molecule has 0 saturated carbocycles. The number of rotatable bonds is 2. The van der Waals surface area contributed by atoms with Crippen LogP contribution in [0.5, 0.6) is 0 Å². The summed E-state index contributed by atoms with van der Waals surface area (Å²) in [5.41, 5.74) is 4.74. The molecule has 3 aromatic carbocycles. The third kappa shape index (κ3) is 3.11. The molecule has 0 spiro atoms. The predicted octanol–water partition coefficient (Wildman–Crippen LogP) is 7.29. The molecule has 6 rings (SSSR count). The van der Waals surface area contributed by atoms with Gasteiger partial charge >= 0.3 is 0 Å². The van der Waals surface area contributed by atoms with E-state index in [1.165, 1.54) is 6.07 Å². The van der Waals surface area contributed by atoms with Crippen molar-refractivity contribution in [3.8, 4) is 5.69 Å². The molecule has 0 N–H and O–H groups in total. The zero-order valence-electron chi connectivity index (χ0n) is 17.5. The third-order valence-electron chi connectivity index (χ3n) is 6.03. The van der Waals surface area contributed by atoms with Gasteiger partial charge < -0.3 is 4.90 Å². The van der Waals surface area contributed by atoms with Crippen LogP contribution in [0.2, 0.25) is 10.0 Å². The molecular weight excluding hydrogens is 458 g/mol. The van der Waals surface area contributed by atoms with Crippen LogP contribution in [-0.2, 0) is 0 Å². The van der Waals surface area contributed by atoms with Crippen LogP contribution >= 0.6 is 23.2 Å². The number of aliphatic imine (C=N–C) groups is 1. The molecule has 3 heterocycles. The highest BCUT2D eigenvalue weighted by molar-refractivity contribution is 6.31. The Morgan fingerprint density at radius 3 is 2.45 bits per heavy atom. The fourth-order valence-corrected chi connectivity index (χ4v) is 4.97. The molecule has 4 aromatic rings. The number of halogens is 3. The molecule has 4 nitrogen and oxygen atoms in total. The van der Waals surface area contributed by atoms with Gasteiger partial charge in [-0.3, -0.25) is 0 Å². The molecule has 33 heavy (non-hydrogen) atoms. The second-order valence-corrected chi connectivity index (χ2v) is 8.82. The lowest BCUT2D eigenvalue weighted by atomic mass is 9.92. The number of benzene rings is 3. The number of hydrogen-bond acceptors (Lipinski definition) is 3. The van der Waals surface area contributed by atoms with E-state index in [1.54, 1.807) is 16.8 Å². The summed E-state index contributed by atoms with van der Waals surface area (Å²) in [4.78, 5) is 7.02. The van der Waals surface area contributed by atoms with E-state index < -0.39 is 6.04 Å². The van der Waals surface area contributed by atoms with Crippen molar-refractivity contribution >= 4 is 46.6 Å². The third-order valence-corrected chi connectivity index (χ3v) is 6.61. The Morgan fingerprint density at radius 2 is 1.67 bits per heavy atom. The normalized spacial score (nSPS) is 16.2. The van der Waals surface area contributed by atoms with Gasteiger partial charge in [-0.15, -0.1) is 0 Å². The first-order chi connectivity index (χ1) is 16.0. The van der Waals surface area contributed by atoms with E-state index in [2.05, 4.69) is 0 Å². The maximum Gasteiger partial charge on any atom is 0.163 e. The van der Waals surface area contributed by atoms with E-state index in [0.29, 0.717) is 27.3 Å². The SMILES string of the molecule is Cc1nn(-c2ccc(Cl)cc2)c2c1[C@@H](c1c(F)cccc1Cl)N1C(=N2)C=Cc2ccccc21. The minimum absolute atomic E-state index is 0.359. The summed E-state index contributed by atoms with van der Waals surface area (Å²) >= 11 is 12.7. The van der Waals surface area contributed by atoms with E-state index in [-0.39, 0.29) is 5.82 Å². The predicted molar refractivity (Wildman–Crippen MR) is 132 cm³/mol. The number of nitrogens with zero attached hydrogens (tertiary/aromatic N) is 4. The Kier molecular flexibility index (Phi) is 4.64. The van der Waals surface area contributed by atoms with Crippen LogP contribution in [0.4, 0.5) is 15.9 Å². The quantitative estimate of drug-likeness (QED) is 0.305. The van der Waals surface area contributed by atoms with Gasteiger partial charge in [0.2, 0.25) is 0 Å². The largest absolute Gasteiger partial charge is 0.314 e. The van der Waals surface area contributed by atoms with Crippen LogP contribution in [-0.4, -0.2) is 15.6 Å². The minimum atomic E-state index is -0.534. The van der Waals surface area contributed by atoms with Crippen LogP contribution in [0.15, 0.2) is 77.8 Å². The number of para-hydroxylation sites is 1. The highest BCUT2D eigenvalue weighted by atomic mass is 35.5. The van der Waals surface area contributed by atoms with Gasteiger partial charge in [-0.1, -0.05) is 47.5 Å². The van der Waals surface area contributed by atoms with Gasteiger partial charge in [-0.05, 0) is 67.1 Å². The smallest absolute Gasteiger partial charge is 0.163 e. The molecular formula is C26H17Cl2FN4. The standard InChI is InChI=1S/C26H17Cl2FN4/c1-15-23-25(24-19(28)6-4-7-20(24)29)32-21-8-3-2-5-16(21)9-14-22(32)30-26(23)33(31-15)18-12-10-17(27)11-13-18/h2-14,25H,1H3/t25-/m0/s1. The van der Waals surface area contributed by atoms with Crippen molar-refractivity contribution in [1.29, 1.82) is 0 Å². The molecule has 162 valence electrons. The zero-order chi connectivity index (χ0) is 22.7. The lowest BCUT2D eigenvalue weighted by molar-refractivity contribution is 0.597. The average molecular weight is 475 g/mol. The Morgan fingerprint density at radius 1 is 0.879 bits per heavy atom. The lowest BCUT2D eigenvalue weighted by Crippen LogP contribution is -2.39. The molecule has 0 fully saturated rings. The van der Waals surface area contributed by atoms with Crippen molar-refractivity contribution in [3.63, 3.8) is 0 Å².